The van der Waals surface area contributed by atoms with Gasteiger partial charge >= 0.3 is 0 Å². The van der Waals surface area contributed by atoms with Crippen molar-refractivity contribution in [2.24, 2.45) is 0 Å². The van der Waals surface area contributed by atoms with Gasteiger partial charge in [-0.05, 0) is 30.9 Å². The molecular weight excluding hydrogens is 315 g/mol. The van der Waals surface area contributed by atoms with Crippen molar-refractivity contribution >= 4 is 22.9 Å². The van der Waals surface area contributed by atoms with Crippen molar-refractivity contribution in [3.63, 3.8) is 0 Å². The van der Waals surface area contributed by atoms with E-state index in [1.54, 1.807) is 30.1 Å². The molecule has 0 spiro atoms. The summed E-state index contributed by atoms with van der Waals surface area (Å²) in [5.74, 6) is 0.410. The molecule has 3 rings (SSSR count). The topological polar surface area (TPSA) is 52.8 Å². The van der Waals surface area contributed by atoms with Crippen LogP contribution in [0.2, 0.25) is 0 Å². The molecule has 0 bridgehead atoms. The fraction of sp³-hybridized carbons (Fsp3) is 0.312. The van der Waals surface area contributed by atoms with E-state index in [2.05, 4.69) is 15.0 Å². The lowest BCUT2D eigenvalue weighted by Gasteiger charge is -2.06. The summed E-state index contributed by atoms with van der Waals surface area (Å²) in [7, 11) is 0. The summed E-state index contributed by atoms with van der Waals surface area (Å²) in [5, 5.41) is 0. The molecule has 120 valence electrons. The first kappa shape index (κ1) is 15.9. The maximum absolute atomic E-state index is 13.8. The third-order valence-corrected chi connectivity index (χ3v) is 4.02. The number of rotatable bonds is 6. The minimum Gasteiger partial charge on any atom is -0.360 e. The van der Waals surface area contributed by atoms with Gasteiger partial charge in [0.2, 0.25) is 5.95 Å². The van der Waals surface area contributed by atoms with Crippen LogP contribution in [0.15, 0.2) is 30.7 Å². The van der Waals surface area contributed by atoms with Gasteiger partial charge in [-0.3, -0.25) is 0 Å². The van der Waals surface area contributed by atoms with Crippen molar-refractivity contribution in [1.82, 2.24) is 19.5 Å². The molecule has 23 heavy (non-hydrogen) atoms. The highest BCUT2D eigenvalue weighted by Crippen LogP contribution is 2.23. The van der Waals surface area contributed by atoms with E-state index in [0.29, 0.717) is 24.6 Å². The summed E-state index contributed by atoms with van der Waals surface area (Å²) in [4.78, 5) is 12.6. The third-order valence-electron chi connectivity index (χ3n) is 3.45. The maximum atomic E-state index is 13.8. The van der Waals surface area contributed by atoms with Crippen LogP contribution in [0.4, 0.5) is 4.39 Å². The largest absolute Gasteiger partial charge is 0.360 e. The number of ether oxygens (including phenoxy) is 1. The Bertz CT molecular complexity index is 821. The molecule has 0 aromatic carbocycles. The molecule has 5 nitrogen and oxygen atoms in total. The van der Waals surface area contributed by atoms with Crippen molar-refractivity contribution in [2.45, 2.75) is 13.7 Å². The Labute approximate surface area is 137 Å². The molecule has 0 aliphatic rings. The first-order valence-electron chi connectivity index (χ1n) is 7.20. The van der Waals surface area contributed by atoms with Gasteiger partial charge in [0.05, 0.1) is 24.1 Å². The standard InChI is InChI=1S/C16H17FN4OS/c1-11-9-21(10-22-6-7-23-2)16-14(11)20-13(8-19-16)12-4-3-5-18-15(12)17/h3-5,8-9H,6-7,10H2,1-2H3. The number of thioether (sulfide) groups is 1. The van der Waals surface area contributed by atoms with Crippen molar-refractivity contribution < 1.29 is 9.13 Å². The lowest BCUT2D eigenvalue weighted by Crippen LogP contribution is -2.05. The van der Waals surface area contributed by atoms with Gasteiger partial charge in [0, 0.05) is 18.1 Å². The number of fused-ring (bicyclic) bond motifs is 1. The normalized spacial score (nSPS) is 11.3. The lowest BCUT2D eigenvalue weighted by atomic mass is 10.2. The van der Waals surface area contributed by atoms with Gasteiger partial charge in [-0.2, -0.15) is 16.2 Å². The minimum atomic E-state index is -0.543. The number of aryl methyl sites for hydroxylation is 1. The minimum absolute atomic E-state index is 0.352. The third kappa shape index (κ3) is 3.35. The van der Waals surface area contributed by atoms with Crippen LogP contribution < -0.4 is 0 Å². The van der Waals surface area contributed by atoms with Gasteiger partial charge in [-0.15, -0.1) is 0 Å². The zero-order valence-corrected chi connectivity index (χ0v) is 13.8. The first-order chi connectivity index (χ1) is 11.2. The first-order valence-corrected chi connectivity index (χ1v) is 8.60. The van der Waals surface area contributed by atoms with Crippen LogP contribution in [0.5, 0.6) is 0 Å². The number of nitrogens with zero attached hydrogens (tertiary/aromatic N) is 4. The lowest BCUT2D eigenvalue weighted by molar-refractivity contribution is 0.0926. The Balaban J connectivity index is 1.92. The van der Waals surface area contributed by atoms with Gasteiger partial charge in [-0.25, -0.2) is 15.0 Å². The molecule has 0 amide bonds. The Morgan fingerprint density at radius 3 is 3.00 bits per heavy atom. The van der Waals surface area contributed by atoms with E-state index >= 15 is 0 Å². The monoisotopic (exact) mass is 332 g/mol. The summed E-state index contributed by atoms with van der Waals surface area (Å²) in [6, 6.07) is 3.33. The maximum Gasteiger partial charge on any atom is 0.222 e. The summed E-state index contributed by atoms with van der Waals surface area (Å²) in [5.41, 5.74) is 3.29. The fourth-order valence-electron chi connectivity index (χ4n) is 2.32. The van der Waals surface area contributed by atoms with Crippen molar-refractivity contribution in [3.8, 4) is 11.3 Å². The fourth-order valence-corrected chi connectivity index (χ4v) is 2.61. The van der Waals surface area contributed by atoms with E-state index in [9.17, 15) is 4.39 Å². The molecule has 0 saturated carbocycles. The van der Waals surface area contributed by atoms with Crippen LogP contribution in [0, 0.1) is 12.9 Å². The number of halogens is 1. The second-order valence-corrected chi connectivity index (χ2v) is 6.07. The van der Waals surface area contributed by atoms with E-state index in [4.69, 9.17) is 4.74 Å². The molecule has 0 radical (unpaired) electrons. The molecule has 3 heterocycles. The molecule has 0 saturated heterocycles. The molecule has 0 N–H and O–H groups in total. The zero-order valence-electron chi connectivity index (χ0n) is 13.0. The highest BCUT2D eigenvalue weighted by Gasteiger charge is 2.13. The quantitative estimate of drug-likeness (QED) is 0.512. The summed E-state index contributed by atoms with van der Waals surface area (Å²) >= 11 is 1.74. The van der Waals surface area contributed by atoms with Gasteiger partial charge in [0.25, 0.3) is 0 Å². The van der Waals surface area contributed by atoms with E-state index in [1.807, 2.05) is 23.9 Å². The number of aromatic nitrogens is 4. The van der Waals surface area contributed by atoms with Gasteiger partial charge in [0.15, 0.2) is 5.65 Å². The average Bonchev–Trinajstić information content (AvgIpc) is 2.88. The van der Waals surface area contributed by atoms with Crippen molar-refractivity contribution in [1.29, 1.82) is 0 Å². The predicted octanol–water partition coefficient (Wildman–Crippen LogP) is 3.28. The Kier molecular flexibility index (Phi) is 4.88. The zero-order chi connectivity index (χ0) is 16.2. The van der Waals surface area contributed by atoms with Crippen LogP contribution in [-0.4, -0.2) is 38.1 Å². The van der Waals surface area contributed by atoms with Gasteiger partial charge in [0.1, 0.15) is 12.2 Å². The second kappa shape index (κ2) is 7.06. The molecule has 3 aromatic rings. The average molecular weight is 332 g/mol. The number of pyridine rings is 1. The van der Waals surface area contributed by atoms with E-state index in [1.165, 1.54) is 6.20 Å². The van der Waals surface area contributed by atoms with Gasteiger partial charge in [-0.1, -0.05) is 0 Å². The van der Waals surface area contributed by atoms with Crippen LogP contribution in [0.3, 0.4) is 0 Å². The number of hydrogen-bond donors (Lipinski definition) is 0. The SMILES string of the molecule is CSCCOCn1cc(C)c2nc(-c3cccnc3F)cnc21. The molecule has 3 aromatic heterocycles. The van der Waals surface area contributed by atoms with Crippen molar-refractivity contribution in [2.75, 3.05) is 18.6 Å². The summed E-state index contributed by atoms with van der Waals surface area (Å²) in [6.45, 7) is 3.07. The molecule has 0 aliphatic heterocycles. The van der Waals surface area contributed by atoms with Crippen LogP contribution >= 0.6 is 11.8 Å². The molecule has 0 fully saturated rings. The summed E-state index contributed by atoms with van der Waals surface area (Å²) < 4.78 is 21.4. The molecule has 0 aliphatic carbocycles. The molecule has 7 heteroatoms. The Morgan fingerprint density at radius 1 is 1.35 bits per heavy atom. The smallest absolute Gasteiger partial charge is 0.222 e. The Hall–Kier alpha value is -1.99. The highest BCUT2D eigenvalue weighted by atomic mass is 32.2. The molecule has 0 atom stereocenters. The van der Waals surface area contributed by atoms with Crippen molar-refractivity contribution in [3.05, 3.63) is 42.2 Å². The van der Waals surface area contributed by atoms with E-state index < -0.39 is 5.95 Å². The van der Waals surface area contributed by atoms with Crippen LogP contribution in [-0.2, 0) is 11.5 Å². The summed E-state index contributed by atoms with van der Waals surface area (Å²) in [6.07, 6.45) is 6.98. The van der Waals surface area contributed by atoms with Crippen LogP contribution in [0.25, 0.3) is 22.4 Å². The van der Waals surface area contributed by atoms with Crippen LogP contribution in [0.1, 0.15) is 5.56 Å². The second-order valence-electron chi connectivity index (χ2n) is 5.08. The predicted molar refractivity (Wildman–Crippen MR) is 89.8 cm³/mol. The van der Waals surface area contributed by atoms with E-state index in [0.717, 1.165) is 22.5 Å². The highest BCUT2D eigenvalue weighted by molar-refractivity contribution is 7.98. The van der Waals surface area contributed by atoms with Gasteiger partial charge < -0.3 is 9.30 Å². The molecular formula is C16H17FN4OS. The number of hydrogen-bond acceptors (Lipinski definition) is 5. The molecule has 0 unspecified atom stereocenters. The Morgan fingerprint density at radius 2 is 2.22 bits per heavy atom. The van der Waals surface area contributed by atoms with E-state index in [-0.39, 0.29) is 0 Å².